The number of rotatable bonds is 9. The molecule has 0 radical (unpaired) electrons. The molecule has 0 bridgehead atoms. The molecule has 1 amide bonds. The van der Waals surface area contributed by atoms with Gasteiger partial charge in [0.2, 0.25) is 0 Å². The van der Waals surface area contributed by atoms with Gasteiger partial charge in [-0.05, 0) is 54.0 Å². The fraction of sp³-hybridized carbons (Fsp3) is 0.467. The van der Waals surface area contributed by atoms with E-state index in [1.165, 1.54) is 0 Å². The van der Waals surface area contributed by atoms with Crippen LogP contribution in [-0.4, -0.2) is 48.6 Å². The number of carbonyl (C=O) groups excluding carboxylic acids is 2. The van der Waals surface area contributed by atoms with Crippen LogP contribution < -0.4 is 4.74 Å². The highest BCUT2D eigenvalue weighted by Crippen LogP contribution is 2.41. The van der Waals surface area contributed by atoms with Crippen LogP contribution >= 0.6 is 0 Å². The molecule has 1 heterocycles. The quantitative estimate of drug-likeness (QED) is 0.202. The summed E-state index contributed by atoms with van der Waals surface area (Å²) in [6.45, 7) is 13.7. The van der Waals surface area contributed by atoms with E-state index in [4.69, 9.17) is 9.47 Å². The van der Waals surface area contributed by atoms with E-state index in [0.717, 1.165) is 22.4 Å². The van der Waals surface area contributed by atoms with Crippen molar-refractivity contribution in [2.75, 3.05) is 26.9 Å². The Morgan fingerprint density at radius 2 is 1.75 bits per heavy atom. The first-order chi connectivity index (χ1) is 17.0. The fourth-order valence-electron chi connectivity index (χ4n) is 4.60. The zero-order chi connectivity index (χ0) is 26.6. The summed E-state index contributed by atoms with van der Waals surface area (Å²) in [5.74, 6) is -0.357. The van der Waals surface area contributed by atoms with Crippen molar-refractivity contribution in [3.05, 3.63) is 70.3 Å². The Kier molecular flexibility index (Phi) is 8.62. The molecule has 0 saturated carbocycles. The van der Waals surface area contributed by atoms with E-state index in [1.807, 2.05) is 43.3 Å². The van der Waals surface area contributed by atoms with Crippen molar-refractivity contribution < 1.29 is 24.2 Å². The van der Waals surface area contributed by atoms with Crippen molar-refractivity contribution in [1.29, 1.82) is 0 Å². The number of benzene rings is 2. The van der Waals surface area contributed by atoms with E-state index >= 15 is 0 Å². The predicted octanol–water partition coefficient (Wildman–Crippen LogP) is 5.96. The monoisotopic (exact) mass is 493 g/mol. The lowest BCUT2D eigenvalue weighted by Crippen LogP contribution is -2.31. The predicted molar refractivity (Wildman–Crippen MR) is 142 cm³/mol. The highest BCUT2D eigenvalue weighted by molar-refractivity contribution is 6.46. The van der Waals surface area contributed by atoms with Crippen LogP contribution in [0.1, 0.15) is 82.2 Å². The first-order valence-corrected chi connectivity index (χ1v) is 12.7. The molecule has 1 aliphatic rings. The molecule has 0 aromatic heterocycles. The van der Waals surface area contributed by atoms with Crippen molar-refractivity contribution in [3.8, 4) is 5.75 Å². The first kappa shape index (κ1) is 27.5. The van der Waals surface area contributed by atoms with E-state index in [0.29, 0.717) is 37.7 Å². The molecule has 6 nitrogen and oxygen atoms in total. The van der Waals surface area contributed by atoms with Gasteiger partial charge in [0.05, 0.1) is 18.2 Å². The number of Topliss-reactive ketones (excluding diaryl/α,β-unsaturated/α-hetero) is 1. The number of ketones is 1. The Labute approximate surface area is 214 Å². The van der Waals surface area contributed by atoms with Crippen LogP contribution in [0.15, 0.2) is 48.0 Å². The van der Waals surface area contributed by atoms with E-state index in [2.05, 4.69) is 34.6 Å². The smallest absolute Gasteiger partial charge is 0.295 e. The molecule has 1 unspecified atom stereocenters. The Balaban J connectivity index is 2.17. The Morgan fingerprint density at radius 3 is 2.31 bits per heavy atom. The Morgan fingerprint density at radius 1 is 1.08 bits per heavy atom. The minimum atomic E-state index is -0.673. The maximum Gasteiger partial charge on any atom is 0.295 e. The van der Waals surface area contributed by atoms with Crippen molar-refractivity contribution in [2.24, 2.45) is 0 Å². The third kappa shape index (κ3) is 5.65. The summed E-state index contributed by atoms with van der Waals surface area (Å²) < 4.78 is 11.0. The molecule has 36 heavy (non-hydrogen) atoms. The number of hydrogen-bond donors (Lipinski definition) is 1. The highest BCUT2D eigenvalue weighted by atomic mass is 16.5. The molecular formula is C30H39NO5. The minimum absolute atomic E-state index is 0.110. The molecule has 194 valence electrons. The summed E-state index contributed by atoms with van der Waals surface area (Å²) in [7, 11) is 1.61. The van der Waals surface area contributed by atoms with Crippen molar-refractivity contribution in [2.45, 2.75) is 65.3 Å². The number of methoxy groups -OCH3 is 1. The largest absolute Gasteiger partial charge is 0.507 e. The van der Waals surface area contributed by atoms with Gasteiger partial charge in [0.25, 0.3) is 11.7 Å². The summed E-state index contributed by atoms with van der Waals surface area (Å²) in [4.78, 5) is 28.0. The summed E-state index contributed by atoms with van der Waals surface area (Å²) in [6.07, 6.45) is 0.585. The standard InChI is InChI=1S/C30H39NO5/c1-8-36-24-15-14-22(18-23(24)30(4,5)6)27(32)25-26(21-12-10-20(11-13-21)19(2)3)31(16-9-17-35-7)29(34)28(25)33/h10-15,18-19,26,32H,8-9,16-17H2,1-7H3/b27-25-. The average Bonchev–Trinajstić information content (AvgIpc) is 3.08. The summed E-state index contributed by atoms with van der Waals surface area (Å²) >= 11 is 0. The van der Waals surface area contributed by atoms with Gasteiger partial charge < -0.3 is 19.5 Å². The number of aliphatic hydroxyl groups excluding tert-OH is 1. The summed E-state index contributed by atoms with van der Waals surface area (Å²) in [5.41, 5.74) is 3.22. The molecular weight excluding hydrogens is 454 g/mol. The molecule has 1 saturated heterocycles. The number of amides is 1. The second-order valence-corrected chi connectivity index (χ2v) is 10.6. The molecule has 0 aliphatic carbocycles. The number of hydrogen-bond acceptors (Lipinski definition) is 5. The fourth-order valence-corrected chi connectivity index (χ4v) is 4.60. The molecule has 1 fully saturated rings. The van der Waals surface area contributed by atoms with E-state index in [1.54, 1.807) is 18.1 Å². The average molecular weight is 494 g/mol. The van der Waals surface area contributed by atoms with Gasteiger partial charge in [-0.2, -0.15) is 0 Å². The van der Waals surface area contributed by atoms with Gasteiger partial charge in [0, 0.05) is 31.4 Å². The van der Waals surface area contributed by atoms with Gasteiger partial charge in [0.1, 0.15) is 11.5 Å². The van der Waals surface area contributed by atoms with Gasteiger partial charge in [-0.3, -0.25) is 9.59 Å². The first-order valence-electron chi connectivity index (χ1n) is 12.7. The molecule has 0 spiro atoms. The molecule has 1 N–H and O–H groups in total. The number of ether oxygens (including phenoxy) is 2. The van der Waals surface area contributed by atoms with Crippen LogP contribution in [0.25, 0.3) is 5.76 Å². The Hall–Kier alpha value is -3.12. The van der Waals surface area contributed by atoms with Crippen LogP contribution in [0.2, 0.25) is 0 Å². The van der Waals surface area contributed by atoms with E-state index < -0.39 is 17.7 Å². The Bertz CT molecular complexity index is 1130. The lowest BCUT2D eigenvalue weighted by Gasteiger charge is -2.26. The van der Waals surface area contributed by atoms with Crippen molar-refractivity contribution >= 4 is 17.4 Å². The van der Waals surface area contributed by atoms with Gasteiger partial charge in [-0.25, -0.2) is 0 Å². The minimum Gasteiger partial charge on any atom is -0.507 e. The molecule has 1 aliphatic heterocycles. The van der Waals surface area contributed by atoms with E-state index in [9.17, 15) is 14.7 Å². The van der Waals surface area contributed by atoms with Crippen LogP contribution in [0.4, 0.5) is 0 Å². The topological polar surface area (TPSA) is 76.1 Å². The molecule has 3 rings (SSSR count). The third-order valence-corrected chi connectivity index (χ3v) is 6.57. The molecule has 2 aromatic carbocycles. The zero-order valence-electron chi connectivity index (χ0n) is 22.6. The zero-order valence-corrected chi connectivity index (χ0v) is 22.6. The summed E-state index contributed by atoms with van der Waals surface area (Å²) in [6, 6.07) is 12.7. The number of nitrogens with zero attached hydrogens (tertiary/aromatic N) is 1. The number of aliphatic hydroxyl groups is 1. The van der Waals surface area contributed by atoms with Crippen molar-refractivity contribution in [3.63, 3.8) is 0 Å². The highest BCUT2D eigenvalue weighted by Gasteiger charge is 2.45. The van der Waals surface area contributed by atoms with Crippen LogP contribution in [0.5, 0.6) is 5.75 Å². The molecule has 2 aromatic rings. The van der Waals surface area contributed by atoms with Gasteiger partial charge in [0.15, 0.2) is 0 Å². The lowest BCUT2D eigenvalue weighted by molar-refractivity contribution is -0.140. The third-order valence-electron chi connectivity index (χ3n) is 6.57. The second-order valence-electron chi connectivity index (χ2n) is 10.6. The SMILES string of the molecule is CCOc1ccc(/C(O)=C2/C(=O)C(=O)N(CCCOC)C2c2ccc(C(C)C)cc2)cc1C(C)(C)C. The van der Waals surface area contributed by atoms with Crippen LogP contribution in [0, 0.1) is 0 Å². The number of likely N-dealkylation sites (tertiary alicyclic amines) is 1. The second kappa shape index (κ2) is 11.3. The maximum atomic E-state index is 13.3. The lowest BCUT2D eigenvalue weighted by atomic mass is 9.84. The number of carbonyl (C=O) groups is 2. The molecule has 1 atom stereocenters. The molecule has 6 heteroatoms. The van der Waals surface area contributed by atoms with Gasteiger partial charge in [-0.15, -0.1) is 0 Å². The van der Waals surface area contributed by atoms with Crippen LogP contribution in [-0.2, 0) is 19.7 Å². The maximum absolute atomic E-state index is 13.3. The van der Waals surface area contributed by atoms with Gasteiger partial charge >= 0.3 is 0 Å². The van der Waals surface area contributed by atoms with Gasteiger partial charge in [-0.1, -0.05) is 58.9 Å². The van der Waals surface area contributed by atoms with Crippen LogP contribution in [0.3, 0.4) is 0 Å². The summed E-state index contributed by atoms with van der Waals surface area (Å²) in [5, 5.41) is 11.5. The van der Waals surface area contributed by atoms with E-state index in [-0.39, 0.29) is 16.7 Å². The normalized spacial score (nSPS) is 17.8. The van der Waals surface area contributed by atoms with Crippen molar-refractivity contribution in [1.82, 2.24) is 4.90 Å².